The monoisotopic (exact) mass is 328 g/mol. The van der Waals surface area contributed by atoms with E-state index < -0.39 is 10.0 Å². The number of likely N-dealkylation sites (N-methyl/N-ethyl adjacent to an activating group) is 1. The molecule has 2 heterocycles. The van der Waals surface area contributed by atoms with Gasteiger partial charge in [-0.2, -0.15) is 5.26 Å². The number of hydrogen-bond donors (Lipinski definition) is 0. The second-order valence-corrected chi connectivity index (χ2v) is 6.81. The Morgan fingerprint density at radius 3 is 2.48 bits per heavy atom. The quantitative estimate of drug-likeness (QED) is 0.823. The van der Waals surface area contributed by atoms with Crippen molar-refractivity contribution in [1.82, 2.24) is 4.98 Å². The third-order valence-corrected chi connectivity index (χ3v) is 5.35. The fourth-order valence-corrected chi connectivity index (χ4v) is 3.72. The van der Waals surface area contributed by atoms with Gasteiger partial charge in [-0.05, 0) is 24.3 Å². The summed E-state index contributed by atoms with van der Waals surface area (Å²) in [6, 6.07) is 11.3. The second kappa shape index (κ2) is 5.37. The number of anilines is 2. The number of rotatable bonds is 2. The summed E-state index contributed by atoms with van der Waals surface area (Å²) < 4.78 is 26.7. The van der Waals surface area contributed by atoms with Crippen molar-refractivity contribution in [3.05, 3.63) is 48.3 Å². The van der Waals surface area contributed by atoms with Gasteiger partial charge in [0.2, 0.25) is 5.91 Å². The van der Waals surface area contributed by atoms with Crippen molar-refractivity contribution in [3.8, 4) is 6.07 Å². The number of sulfonamides is 1. The molecule has 0 saturated carbocycles. The molecule has 0 saturated heterocycles. The molecule has 0 spiro atoms. The predicted molar refractivity (Wildman–Crippen MR) is 83.3 cm³/mol. The number of nitrogens with zero attached hydrogens (tertiary/aromatic N) is 4. The highest BCUT2D eigenvalue weighted by Crippen LogP contribution is 2.35. The van der Waals surface area contributed by atoms with E-state index in [1.807, 2.05) is 6.07 Å². The van der Waals surface area contributed by atoms with Gasteiger partial charge in [-0.15, -0.1) is 0 Å². The van der Waals surface area contributed by atoms with Crippen molar-refractivity contribution in [3.63, 3.8) is 0 Å². The van der Waals surface area contributed by atoms with Crippen molar-refractivity contribution in [1.29, 1.82) is 5.26 Å². The van der Waals surface area contributed by atoms with Gasteiger partial charge >= 0.3 is 0 Å². The zero-order valence-electron chi connectivity index (χ0n) is 12.2. The third kappa shape index (κ3) is 2.41. The molecule has 116 valence electrons. The zero-order chi connectivity index (χ0) is 16.6. The van der Waals surface area contributed by atoms with Crippen LogP contribution in [0, 0.1) is 11.3 Å². The van der Waals surface area contributed by atoms with Gasteiger partial charge in [0, 0.05) is 13.2 Å². The number of para-hydroxylation sites is 2. The standard InChI is InChI=1S/C15H12N4O3S/c1-18-13-4-2-3-5-14(13)19(10-15(18)20)23(21,22)12-7-6-11(8-16)17-9-12/h2-7,9H,10H2,1H3. The van der Waals surface area contributed by atoms with Crippen LogP contribution >= 0.6 is 0 Å². The summed E-state index contributed by atoms with van der Waals surface area (Å²) in [4.78, 5) is 17.3. The fraction of sp³-hybridized carbons (Fsp3) is 0.133. The molecule has 0 atom stereocenters. The van der Waals surface area contributed by atoms with Crippen LogP contribution in [0.1, 0.15) is 5.69 Å². The average molecular weight is 328 g/mol. The van der Waals surface area contributed by atoms with Crippen LogP contribution in [0.25, 0.3) is 0 Å². The number of carbonyl (C=O) groups excluding carboxylic acids is 1. The number of aromatic nitrogens is 1. The molecule has 2 aromatic rings. The molecule has 1 amide bonds. The Labute approximate surface area is 133 Å². The molecule has 0 radical (unpaired) electrons. The Bertz CT molecular complexity index is 916. The highest BCUT2D eigenvalue weighted by Gasteiger charge is 2.35. The van der Waals surface area contributed by atoms with Gasteiger partial charge in [0.05, 0.1) is 11.4 Å². The van der Waals surface area contributed by atoms with Gasteiger partial charge in [0.25, 0.3) is 10.0 Å². The lowest BCUT2D eigenvalue weighted by molar-refractivity contribution is -0.117. The molecule has 7 nitrogen and oxygen atoms in total. The largest absolute Gasteiger partial charge is 0.312 e. The highest BCUT2D eigenvalue weighted by atomic mass is 32.2. The minimum Gasteiger partial charge on any atom is -0.312 e. The average Bonchev–Trinajstić information content (AvgIpc) is 2.58. The number of carbonyl (C=O) groups is 1. The second-order valence-electron chi connectivity index (χ2n) is 4.94. The van der Waals surface area contributed by atoms with E-state index in [1.165, 1.54) is 17.0 Å². The maximum absolute atomic E-state index is 12.8. The summed E-state index contributed by atoms with van der Waals surface area (Å²) in [6.45, 7) is -0.282. The molecule has 1 aliphatic heterocycles. The topological polar surface area (TPSA) is 94.4 Å². The van der Waals surface area contributed by atoms with E-state index in [0.717, 1.165) is 10.5 Å². The van der Waals surface area contributed by atoms with Crippen molar-refractivity contribution in [2.24, 2.45) is 0 Å². The van der Waals surface area contributed by atoms with Gasteiger partial charge in [0.1, 0.15) is 23.2 Å². The summed E-state index contributed by atoms with van der Waals surface area (Å²) in [6.07, 6.45) is 1.12. The van der Waals surface area contributed by atoms with E-state index in [4.69, 9.17) is 5.26 Å². The first-order valence-electron chi connectivity index (χ1n) is 6.69. The van der Waals surface area contributed by atoms with Crippen LogP contribution in [0.3, 0.4) is 0 Å². The molecule has 0 aliphatic carbocycles. The fourth-order valence-electron chi connectivity index (χ4n) is 2.35. The molecule has 1 aliphatic rings. The molecule has 1 aromatic carbocycles. The van der Waals surface area contributed by atoms with Crippen LogP contribution in [0.15, 0.2) is 47.5 Å². The number of amides is 1. The van der Waals surface area contributed by atoms with Gasteiger partial charge < -0.3 is 4.90 Å². The maximum Gasteiger partial charge on any atom is 0.266 e. The summed E-state index contributed by atoms with van der Waals surface area (Å²) >= 11 is 0. The summed E-state index contributed by atoms with van der Waals surface area (Å²) in [5.74, 6) is -0.325. The first-order chi connectivity index (χ1) is 10.9. The van der Waals surface area contributed by atoms with Crippen LogP contribution in [0.5, 0.6) is 0 Å². The van der Waals surface area contributed by atoms with Gasteiger partial charge in [-0.3, -0.25) is 9.10 Å². The molecule has 3 rings (SSSR count). The number of fused-ring (bicyclic) bond motifs is 1. The lowest BCUT2D eigenvalue weighted by Gasteiger charge is -2.34. The lowest BCUT2D eigenvalue weighted by Crippen LogP contribution is -2.46. The van der Waals surface area contributed by atoms with Gasteiger partial charge in [-0.1, -0.05) is 12.1 Å². The molecule has 0 bridgehead atoms. The Morgan fingerprint density at radius 1 is 1.17 bits per heavy atom. The van der Waals surface area contributed by atoms with Crippen LogP contribution in [-0.4, -0.2) is 32.9 Å². The van der Waals surface area contributed by atoms with Gasteiger partial charge in [0.15, 0.2) is 0 Å². The van der Waals surface area contributed by atoms with E-state index in [0.29, 0.717) is 11.4 Å². The summed E-state index contributed by atoms with van der Waals surface area (Å²) in [7, 11) is -2.34. The van der Waals surface area contributed by atoms with Crippen LogP contribution in [0.2, 0.25) is 0 Å². The Balaban J connectivity index is 2.11. The molecular formula is C15H12N4O3S. The SMILES string of the molecule is CN1C(=O)CN(S(=O)(=O)c2ccc(C#N)nc2)c2ccccc21. The number of benzene rings is 1. The van der Waals surface area contributed by atoms with Crippen LogP contribution in [-0.2, 0) is 14.8 Å². The Morgan fingerprint density at radius 2 is 1.87 bits per heavy atom. The smallest absolute Gasteiger partial charge is 0.266 e. The zero-order valence-corrected chi connectivity index (χ0v) is 13.0. The predicted octanol–water partition coefficient (Wildman–Crippen LogP) is 1.12. The number of hydrogen-bond acceptors (Lipinski definition) is 5. The summed E-state index contributed by atoms with van der Waals surface area (Å²) in [5.41, 5.74) is 1.08. The van der Waals surface area contributed by atoms with Crippen molar-refractivity contribution in [2.45, 2.75) is 4.90 Å². The molecule has 1 aromatic heterocycles. The lowest BCUT2D eigenvalue weighted by atomic mass is 10.2. The number of pyridine rings is 1. The van der Waals surface area contributed by atoms with Crippen LogP contribution < -0.4 is 9.21 Å². The van der Waals surface area contributed by atoms with Crippen molar-refractivity contribution < 1.29 is 13.2 Å². The third-order valence-electron chi connectivity index (χ3n) is 3.60. The van der Waals surface area contributed by atoms with Gasteiger partial charge in [-0.25, -0.2) is 13.4 Å². The minimum atomic E-state index is -3.94. The maximum atomic E-state index is 12.8. The Kier molecular flexibility index (Phi) is 3.50. The van der Waals surface area contributed by atoms with E-state index in [9.17, 15) is 13.2 Å². The normalized spacial score (nSPS) is 14.3. The first-order valence-corrected chi connectivity index (χ1v) is 8.13. The molecule has 0 N–H and O–H groups in total. The first kappa shape index (κ1) is 15.0. The van der Waals surface area contributed by atoms with E-state index in [2.05, 4.69) is 4.98 Å². The molecule has 8 heteroatoms. The molecule has 0 fully saturated rings. The number of nitriles is 1. The molecule has 23 heavy (non-hydrogen) atoms. The summed E-state index contributed by atoms with van der Waals surface area (Å²) in [5, 5.41) is 8.75. The Hall–Kier alpha value is -2.92. The minimum absolute atomic E-state index is 0.0661. The van der Waals surface area contributed by atoms with Crippen LogP contribution in [0.4, 0.5) is 11.4 Å². The van der Waals surface area contributed by atoms with E-state index >= 15 is 0 Å². The van der Waals surface area contributed by atoms with E-state index in [1.54, 1.807) is 31.3 Å². The van der Waals surface area contributed by atoms with E-state index in [-0.39, 0.29) is 23.0 Å². The highest BCUT2D eigenvalue weighted by molar-refractivity contribution is 7.92. The molecule has 0 unspecified atom stereocenters. The van der Waals surface area contributed by atoms with Crippen molar-refractivity contribution in [2.75, 3.05) is 22.8 Å². The molecular weight excluding hydrogens is 316 g/mol. The van der Waals surface area contributed by atoms with Crippen molar-refractivity contribution >= 4 is 27.3 Å².